The zero-order chi connectivity index (χ0) is 11.3. The van der Waals surface area contributed by atoms with Gasteiger partial charge in [-0.15, -0.1) is 0 Å². The van der Waals surface area contributed by atoms with Crippen LogP contribution in [-0.4, -0.2) is 13.0 Å². The van der Waals surface area contributed by atoms with Crippen LogP contribution in [0.2, 0.25) is 0 Å². The molecule has 0 radical (unpaired) electrons. The van der Waals surface area contributed by atoms with Crippen LogP contribution in [0.25, 0.3) is 0 Å². The molecule has 2 nitrogen and oxygen atoms in total. The Morgan fingerprint density at radius 2 is 1.47 bits per heavy atom. The maximum Gasteiger partial charge on any atom is 0.231 e. The smallest absolute Gasteiger partial charge is 0.231 e. The van der Waals surface area contributed by atoms with Gasteiger partial charge in [0.1, 0.15) is 0 Å². The maximum absolute atomic E-state index is 11.7. The minimum absolute atomic E-state index is 0.209. The van der Waals surface area contributed by atoms with Crippen molar-refractivity contribution in [1.82, 2.24) is 0 Å². The second-order valence-corrected chi connectivity index (χ2v) is 4.46. The Labute approximate surface area is 90.9 Å². The summed E-state index contributed by atoms with van der Waals surface area (Å²) in [5.74, 6) is 0.209. The highest BCUT2D eigenvalue weighted by Gasteiger charge is 2.28. The largest absolute Gasteiger partial charge is 0.315 e. The molecule has 0 spiro atoms. The van der Waals surface area contributed by atoms with Gasteiger partial charge in [0.05, 0.1) is 12.1 Å². The summed E-state index contributed by atoms with van der Waals surface area (Å²) >= 11 is 0. The molecular formula is C13H17NO. The van der Waals surface area contributed by atoms with E-state index in [1.807, 2.05) is 7.05 Å². The third-order valence-corrected chi connectivity index (χ3v) is 3.82. The Balaban J connectivity index is 2.80. The van der Waals surface area contributed by atoms with Gasteiger partial charge in [-0.25, -0.2) is 0 Å². The molecule has 0 aliphatic carbocycles. The van der Waals surface area contributed by atoms with Crippen LogP contribution in [0.4, 0.5) is 5.69 Å². The lowest BCUT2D eigenvalue weighted by atomic mass is 9.92. The van der Waals surface area contributed by atoms with Gasteiger partial charge in [0.25, 0.3) is 0 Å². The van der Waals surface area contributed by atoms with Crippen LogP contribution in [0, 0.1) is 27.7 Å². The topological polar surface area (TPSA) is 20.3 Å². The average Bonchev–Trinajstić information content (AvgIpc) is 2.50. The van der Waals surface area contributed by atoms with Crippen molar-refractivity contribution in [1.29, 1.82) is 0 Å². The number of benzene rings is 1. The minimum atomic E-state index is 0.209. The van der Waals surface area contributed by atoms with Crippen molar-refractivity contribution in [3.05, 3.63) is 27.8 Å². The molecule has 2 rings (SSSR count). The van der Waals surface area contributed by atoms with Gasteiger partial charge in [0.2, 0.25) is 5.91 Å². The molecule has 1 heterocycles. The van der Waals surface area contributed by atoms with Gasteiger partial charge in [-0.2, -0.15) is 0 Å². The fraction of sp³-hybridized carbons (Fsp3) is 0.462. The molecule has 2 heteroatoms. The normalized spacial score (nSPS) is 14.7. The molecule has 0 aromatic heterocycles. The first-order chi connectivity index (χ1) is 6.95. The molecule has 0 atom stereocenters. The van der Waals surface area contributed by atoms with Crippen LogP contribution < -0.4 is 4.90 Å². The Hall–Kier alpha value is -1.31. The van der Waals surface area contributed by atoms with E-state index in [1.54, 1.807) is 4.90 Å². The minimum Gasteiger partial charge on any atom is -0.315 e. The number of hydrogen-bond donors (Lipinski definition) is 0. The van der Waals surface area contributed by atoms with Crippen molar-refractivity contribution < 1.29 is 4.79 Å². The molecule has 1 aromatic rings. The van der Waals surface area contributed by atoms with E-state index in [1.165, 1.54) is 27.8 Å². The number of rotatable bonds is 0. The van der Waals surface area contributed by atoms with Crippen LogP contribution >= 0.6 is 0 Å². The summed E-state index contributed by atoms with van der Waals surface area (Å²) in [5, 5.41) is 0. The number of likely N-dealkylation sites (N-methyl/N-ethyl adjacent to an activating group) is 1. The molecule has 1 aliphatic heterocycles. The maximum atomic E-state index is 11.7. The first kappa shape index (κ1) is 10.2. The highest BCUT2D eigenvalue weighted by atomic mass is 16.2. The highest BCUT2D eigenvalue weighted by Crippen LogP contribution is 2.37. The van der Waals surface area contributed by atoms with E-state index >= 15 is 0 Å². The van der Waals surface area contributed by atoms with Crippen LogP contribution in [0.1, 0.15) is 27.8 Å². The lowest BCUT2D eigenvalue weighted by molar-refractivity contribution is -0.117. The summed E-state index contributed by atoms with van der Waals surface area (Å²) in [4.78, 5) is 13.5. The van der Waals surface area contributed by atoms with E-state index < -0.39 is 0 Å². The lowest BCUT2D eigenvalue weighted by Gasteiger charge is -2.18. The second-order valence-electron chi connectivity index (χ2n) is 4.46. The van der Waals surface area contributed by atoms with E-state index in [-0.39, 0.29) is 5.91 Å². The van der Waals surface area contributed by atoms with Crippen LogP contribution in [0.3, 0.4) is 0 Å². The summed E-state index contributed by atoms with van der Waals surface area (Å²) in [6, 6.07) is 0. The van der Waals surface area contributed by atoms with E-state index in [9.17, 15) is 4.79 Å². The van der Waals surface area contributed by atoms with Crippen molar-refractivity contribution in [2.45, 2.75) is 34.1 Å². The molecule has 0 unspecified atom stereocenters. The zero-order valence-electron chi connectivity index (χ0n) is 10.1. The number of anilines is 1. The number of amides is 1. The number of fused-ring (bicyclic) bond motifs is 1. The third kappa shape index (κ3) is 1.21. The van der Waals surface area contributed by atoms with Crippen molar-refractivity contribution in [2.75, 3.05) is 11.9 Å². The summed E-state index contributed by atoms with van der Waals surface area (Å²) < 4.78 is 0. The Morgan fingerprint density at radius 3 is 2.07 bits per heavy atom. The fourth-order valence-corrected chi connectivity index (χ4v) is 2.44. The fourth-order valence-electron chi connectivity index (χ4n) is 2.44. The van der Waals surface area contributed by atoms with Gasteiger partial charge in [-0.1, -0.05) is 0 Å². The molecule has 1 aliphatic rings. The first-order valence-corrected chi connectivity index (χ1v) is 5.31. The van der Waals surface area contributed by atoms with E-state index in [0.717, 1.165) is 5.69 Å². The SMILES string of the molecule is Cc1c(C)c(C)c2c(c1C)CC(=O)N2C. The van der Waals surface area contributed by atoms with E-state index in [2.05, 4.69) is 27.7 Å². The van der Waals surface area contributed by atoms with Crippen molar-refractivity contribution in [3.63, 3.8) is 0 Å². The summed E-state index contributed by atoms with van der Waals surface area (Å²) in [7, 11) is 1.87. The van der Waals surface area contributed by atoms with E-state index in [0.29, 0.717) is 6.42 Å². The number of hydrogen-bond acceptors (Lipinski definition) is 1. The van der Waals surface area contributed by atoms with Crippen molar-refractivity contribution in [2.24, 2.45) is 0 Å². The predicted octanol–water partition coefficient (Wildman–Crippen LogP) is 2.44. The average molecular weight is 203 g/mol. The summed E-state index contributed by atoms with van der Waals surface area (Å²) in [5.41, 5.74) is 7.54. The van der Waals surface area contributed by atoms with Gasteiger partial charge in [0.15, 0.2) is 0 Å². The van der Waals surface area contributed by atoms with Crippen LogP contribution in [0.5, 0.6) is 0 Å². The number of nitrogens with zero attached hydrogens (tertiary/aromatic N) is 1. The molecule has 15 heavy (non-hydrogen) atoms. The van der Waals surface area contributed by atoms with Gasteiger partial charge < -0.3 is 4.90 Å². The van der Waals surface area contributed by atoms with Crippen molar-refractivity contribution >= 4 is 11.6 Å². The third-order valence-electron chi connectivity index (χ3n) is 3.82. The Morgan fingerprint density at radius 1 is 0.933 bits per heavy atom. The quantitative estimate of drug-likeness (QED) is 0.634. The Bertz CT molecular complexity index is 460. The highest BCUT2D eigenvalue weighted by molar-refractivity contribution is 6.02. The predicted molar refractivity (Wildman–Crippen MR) is 62.5 cm³/mol. The molecular weight excluding hydrogens is 186 g/mol. The van der Waals surface area contributed by atoms with Crippen LogP contribution in [0.15, 0.2) is 0 Å². The van der Waals surface area contributed by atoms with Gasteiger partial charge in [0, 0.05) is 7.05 Å². The monoisotopic (exact) mass is 203 g/mol. The molecule has 0 N–H and O–H groups in total. The first-order valence-electron chi connectivity index (χ1n) is 5.31. The molecule has 0 fully saturated rings. The van der Waals surface area contributed by atoms with Crippen LogP contribution in [-0.2, 0) is 11.2 Å². The summed E-state index contributed by atoms with van der Waals surface area (Å²) in [6.45, 7) is 8.50. The molecule has 0 saturated heterocycles. The molecule has 0 saturated carbocycles. The van der Waals surface area contributed by atoms with Crippen molar-refractivity contribution in [3.8, 4) is 0 Å². The molecule has 80 valence electrons. The standard InChI is InChI=1S/C13H17NO/c1-7-8(2)10(4)13-11(9(7)3)6-12(15)14(13)5/h6H2,1-5H3. The second kappa shape index (κ2) is 3.09. The molecule has 0 bridgehead atoms. The summed E-state index contributed by atoms with van der Waals surface area (Å²) in [6.07, 6.45) is 0.569. The van der Waals surface area contributed by atoms with Gasteiger partial charge in [-0.3, -0.25) is 4.79 Å². The molecule has 1 amide bonds. The molecule has 1 aromatic carbocycles. The van der Waals surface area contributed by atoms with Gasteiger partial charge in [-0.05, 0) is 55.5 Å². The number of carbonyl (C=O) groups is 1. The Kier molecular flexibility index (Phi) is 2.10. The zero-order valence-corrected chi connectivity index (χ0v) is 10.1. The number of carbonyl (C=O) groups excluding carboxylic acids is 1. The van der Waals surface area contributed by atoms with Gasteiger partial charge >= 0.3 is 0 Å². The lowest BCUT2D eigenvalue weighted by Crippen LogP contribution is -2.21. The van der Waals surface area contributed by atoms with E-state index in [4.69, 9.17) is 0 Å².